The minimum absolute atomic E-state index is 1.11. The SMILES string of the molecule is C=C(C)/C=C1/CCCCC/C=C(/c2ccccc2)N1. The van der Waals surface area contributed by atoms with Crippen LogP contribution in [-0.2, 0) is 0 Å². The van der Waals surface area contributed by atoms with E-state index in [1.165, 1.54) is 36.2 Å². The number of hydrogen-bond donors (Lipinski definition) is 1. The molecule has 0 spiro atoms. The van der Waals surface area contributed by atoms with Gasteiger partial charge in [-0.15, -0.1) is 0 Å². The van der Waals surface area contributed by atoms with Crippen LogP contribution in [0.2, 0.25) is 0 Å². The van der Waals surface area contributed by atoms with Crippen LogP contribution in [0.4, 0.5) is 0 Å². The van der Waals surface area contributed by atoms with Crippen LogP contribution in [0.3, 0.4) is 0 Å². The van der Waals surface area contributed by atoms with Crippen molar-refractivity contribution >= 4 is 5.70 Å². The van der Waals surface area contributed by atoms with Crippen molar-refractivity contribution < 1.29 is 0 Å². The molecule has 0 radical (unpaired) electrons. The van der Waals surface area contributed by atoms with Crippen LogP contribution < -0.4 is 5.32 Å². The molecule has 1 heterocycles. The molecule has 0 bridgehead atoms. The Morgan fingerprint density at radius 2 is 1.95 bits per heavy atom. The van der Waals surface area contributed by atoms with Crippen molar-refractivity contribution in [2.45, 2.75) is 39.0 Å². The van der Waals surface area contributed by atoms with E-state index in [2.05, 4.69) is 54.4 Å². The second-order valence-corrected chi connectivity index (χ2v) is 5.22. The van der Waals surface area contributed by atoms with E-state index in [4.69, 9.17) is 0 Å². The van der Waals surface area contributed by atoms with E-state index in [1.807, 2.05) is 6.92 Å². The highest BCUT2D eigenvalue weighted by atomic mass is 14.9. The van der Waals surface area contributed by atoms with Gasteiger partial charge in [-0.2, -0.15) is 0 Å². The molecule has 1 aromatic carbocycles. The van der Waals surface area contributed by atoms with Crippen molar-refractivity contribution in [2.75, 3.05) is 0 Å². The first kappa shape index (κ1) is 13.7. The Morgan fingerprint density at radius 1 is 1.16 bits per heavy atom. The first-order chi connectivity index (χ1) is 9.25. The van der Waals surface area contributed by atoms with Crippen LogP contribution in [0.25, 0.3) is 5.70 Å². The van der Waals surface area contributed by atoms with Gasteiger partial charge in [0.05, 0.1) is 0 Å². The molecule has 0 amide bonds. The average molecular weight is 253 g/mol. The number of nitrogens with one attached hydrogen (secondary N) is 1. The van der Waals surface area contributed by atoms with Gasteiger partial charge in [0, 0.05) is 11.4 Å². The molecule has 2 rings (SSSR count). The summed E-state index contributed by atoms with van der Waals surface area (Å²) in [5.41, 5.74) is 4.88. The molecule has 0 saturated carbocycles. The van der Waals surface area contributed by atoms with Crippen molar-refractivity contribution in [3.8, 4) is 0 Å². The van der Waals surface area contributed by atoms with E-state index >= 15 is 0 Å². The summed E-state index contributed by atoms with van der Waals surface area (Å²) in [6, 6.07) is 10.6. The summed E-state index contributed by atoms with van der Waals surface area (Å²) in [5, 5.41) is 3.60. The maximum Gasteiger partial charge on any atom is 0.0414 e. The van der Waals surface area contributed by atoms with Gasteiger partial charge in [-0.3, -0.25) is 0 Å². The Hall–Kier alpha value is -1.76. The number of hydrogen-bond acceptors (Lipinski definition) is 1. The van der Waals surface area contributed by atoms with Crippen molar-refractivity contribution in [1.29, 1.82) is 0 Å². The van der Waals surface area contributed by atoms with Gasteiger partial charge in [0.2, 0.25) is 0 Å². The molecule has 1 aromatic rings. The highest BCUT2D eigenvalue weighted by Crippen LogP contribution is 2.20. The summed E-state index contributed by atoms with van der Waals surface area (Å²) in [5.74, 6) is 0. The standard InChI is InChI=1S/C18H23N/c1-15(2)14-17-12-8-3-4-9-13-18(19-17)16-10-6-5-7-11-16/h5-7,10-11,13-14,19H,1,3-4,8-9,12H2,2H3/b17-14-,18-13-. The molecule has 1 nitrogen and oxygen atoms in total. The Morgan fingerprint density at radius 3 is 2.68 bits per heavy atom. The lowest BCUT2D eigenvalue weighted by Gasteiger charge is -2.14. The molecule has 0 fully saturated rings. The van der Waals surface area contributed by atoms with Crippen molar-refractivity contribution in [3.63, 3.8) is 0 Å². The zero-order valence-corrected chi connectivity index (χ0v) is 11.8. The van der Waals surface area contributed by atoms with E-state index in [9.17, 15) is 0 Å². The third kappa shape index (κ3) is 4.44. The van der Waals surface area contributed by atoms with E-state index in [0.717, 1.165) is 18.4 Å². The molecule has 19 heavy (non-hydrogen) atoms. The molecule has 0 aliphatic carbocycles. The Kier molecular flexibility index (Phi) is 5.02. The van der Waals surface area contributed by atoms with E-state index in [-0.39, 0.29) is 0 Å². The van der Waals surface area contributed by atoms with Gasteiger partial charge < -0.3 is 5.32 Å². The summed E-state index contributed by atoms with van der Waals surface area (Å²) in [7, 11) is 0. The molecule has 0 saturated heterocycles. The Labute approximate surface area is 116 Å². The van der Waals surface area contributed by atoms with Crippen molar-refractivity contribution in [3.05, 3.63) is 65.9 Å². The van der Waals surface area contributed by atoms with E-state index < -0.39 is 0 Å². The topological polar surface area (TPSA) is 12.0 Å². The lowest BCUT2D eigenvalue weighted by Crippen LogP contribution is -2.12. The molecule has 1 heteroatoms. The molecular weight excluding hydrogens is 230 g/mol. The second kappa shape index (κ2) is 6.98. The number of rotatable bonds is 2. The van der Waals surface area contributed by atoms with Gasteiger partial charge in [0.15, 0.2) is 0 Å². The normalized spacial score (nSPS) is 21.5. The average Bonchev–Trinajstić information content (AvgIpc) is 2.51. The first-order valence-corrected chi connectivity index (χ1v) is 7.14. The quantitative estimate of drug-likeness (QED) is 0.778. The number of allylic oxidation sites excluding steroid dienone is 4. The summed E-state index contributed by atoms with van der Waals surface area (Å²) in [4.78, 5) is 0. The molecule has 1 aliphatic rings. The molecule has 0 atom stereocenters. The molecule has 1 aliphatic heterocycles. The molecular formula is C18H23N. The summed E-state index contributed by atoms with van der Waals surface area (Å²) < 4.78 is 0. The van der Waals surface area contributed by atoms with Crippen molar-refractivity contribution in [1.82, 2.24) is 5.32 Å². The molecule has 0 unspecified atom stereocenters. The van der Waals surface area contributed by atoms with Gasteiger partial charge in [-0.1, -0.05) is 55.0 Å². The molecule has 100 valence electrons. The lowest BCUT2D eigenvalue weighted by atomic mass is 10.1. The van der Waals surface area contributed by atoms with Gasteiger partial charge in [-0.05, 0) is 44.2 Å². The van der Waals surface area contributed by atoms with Crippen molar-refractivity contribution in [2.24, 2.45) is 0 Å². The minimum Gasteiger partial charge on any atom is -0.359 e. The predicted molar refractivity (Wildman–Crippen MR) is 83.5 cm³/mol. The highest BCUT2D eigenvalue weighted by molar-refractivity contribution is 5.65. The number of benzene rings is 1. The smallest absolute Gasteiger partial charge is 0.0414 e. The van der Waals surface area contributed by atoms with Crippen LogP contribution >= 0.6 is 0 Å². The monoisotopic (exact) mass is 253 g/mol. The van der Waals surface area contributed by atoms with Gasteiger partial charge >= 0.3 is 0 Å². The second-order valence-electron chi connectivity index (χ2n) is 5.22. The Balaban J connectivity index is 2.25. The van der Waals surface area contributed by atoms with Gasteiger partial charge in [0.25, 0.3) is 0 Å². The maximum atomic E-state index is 3.99. The summed E-state index contributed by atoms with van der Waals surface area (Å²) in [6.07, 6.45) is 10.6. The van der Waals surface area contributed by atoms with Crippen LogP contribution in [0.5, 0.6) is 0 Å². The third-order valence-electron chi connectivity index (χ3n) is 3.30. The van der Waals surface area contributed by atoms with Crippen LogP contribution in [0.15, 0.2) is 60.3 Å². The largest absolute Gasteiger partial charge is 0.359 e. The van der Waals surface area contributed by atoms with Crippen LogP contribution in [0, 0.1) is 0 Å². The fourth-order valence-electron chi connectivity index (χ4n) is 2.38. The summed E-state index contributed by atoms with van der Waals surface area (Å²) in [6.45, 7) is 6.04. The van der Waals surface area contributed by atoms with Crippen LogP contribution in [0.1, 0.15) is 44.6 Å². The van der Waals surface area contributed by atoms with Gasteiger partial charge in [0.1, 0.15) is 0 Å². The van der Waals surface area contributed by atoms with Gasteiger partial charge in [-0.25, -0.2) is 0 Å². The highest BCUT2D eigenvalue weighted by Gasteiger charge is 2.06. The molecule has 1 N–H and O–H groups in total. The minimum atomic E-state index is 1.11. The van der Waals surface area contributed by atoms with Crippen LogP contribution in [-0.4, -0.2) is 0 Å². The third-order valence-corrected chi connectivity index (χ3v) is 3.30. The zero-order valence-electron chi connectivity index (χ0n) is 11.8. The Bertz CT molecular complexity index is 480. The van der Waals surface area contributed by atoms with E-state index in [1.54, 1.807) is 0 Å². The maximum absolute atomic E-state index is 3.99. The molecule has 0 aromatic heterocycles. The lowest BCUT2D eigenvalue weighted by molar-refractivity contribution is 0.681. The summed E-state index contributed by atoms with van der Waals surface area (Å²) >= 11 is 0. The fourth-order valence-corrected chi connectivity index (χ4v) is 2.38. The van der Waals surface area contributed by atoms with E-state index in [0.29, 0.717) is 0 Å². The predicted octanol–water partition coefficient (Wildman–Crippen LogP) is 5.04. The zero-order chi connectivity index (χ0) is 13.5. The first-order valence-electron chi connectivity index (χ1n) is 7.14. The fraction of sp³-hybridized carbons (Fsp3) is 0.333.